The van der Waals surface area contributed by atoms with E-state index in [0.29, 0.717) is 6.07 Å². The predicted octanol–water partition coefficient (Wildman–Crippen LogP) is 2.47. The summed E-state index contributed by atoms with van der Waals surface area (Å²) in [6, 6.07) is 1.43. The predicted molar refractivity (Wildman–Crippen MR) is 55.0 cm³/mol. The molecule has 1 rings (SSSR count). The fourth-order valence-corrected chi connectivity index (χ4v) is 1.50. The van der Waals surface area contributed by atoms with Crippen LogP contribution in [0.1, 0.15) is 17.3 Å². The van der Waals surface area contributed by atoms with Crippen LogP contribution in [0.2, 0.25) is 0 Å². The van der Waals surface area contributed by atoms with Gasteiger partial charge in [-0.3, -0.25) is 4.79 Å². The van der Waals surface area contributed by atoms with Crippen LogP contribution in [-0.2, 0) is 9.53 Å². The van der Waals surface area contributed by atoms with E-state index < -0.39 is 23.4 Å². The van der Waals surface area contributed by atoms with Crippen LogP contribution in [0, 0.1) is 11.6 Å². The van der Waals surface area contributed by atoms with E-state index in [4.69, 9.17) is 0 Å². The summed E-state index contributed by atoms with van der Waals surface area (Å²) in [5.41, 5.74) is -0.266. The third-order valence-corrected chi connectivity index (χ3v) is 2.37. The lowest BCUT2D eigenvalue weighted by Crippen LogP contribution is -2.18. The lowest BCUT2D eigenvalue weighted by molar-refractivity contribution is -0.137. The van der Waals surface area contributed by atoms with Gasteiger partial charge < -0.3 is 4.74 Å². The fourth-order valence-electron chi connectivity index (χ4n) is 1.00. The van der Waals surface area contributed by atoms with Crippen LogP contribution in [0.4, 0.5) is 8.78 Å². The molecule has 0 atom stereocenters. The maximum absolute atomic E-state index is 12.9. The molecular formula is C10H7BrF2O3. The highest BCUT2D eigenvalue weighted by Crippen LogP contribution is 2.21. The fraction of sp³-hybridized carbons (Fsp3) is 0.200. The Kier molecular flexibility index (Phi) is 4.12. The zero-order valence-corrected chi connectivity index (χ0v) is 9.81. The number of benzene rings is 1. The van der Waals surface area contributed by atoms with Gasteiger partial charge in [-0.2, -0.15) is 0 Å². The molecule has 0 aliphatic heterocycles. The molecule has 86 valence electrons. The second-order valence-electron chi connectivity index (χ2n) is 2.80. The Balaban J connectivity index is 3.09. The molecule has 0 bridgehead atoms. The number of carbonyl (C=O) groups excluding carboxylic acids is 2. The average Bonchev–Trinajstić information content (AvgIpc) is 2.23. The second kappa shape index (κ2) is 5.16. The minimum absolute atomic E-state index is 0.00412. The van der Waals surface area contributed by atoms with Gasteiger partial charge in [-0.05, 0) is 35.0 Å². The number of halogens is 3. The maximum atomic E-state index is 12.9. The number of rotatable bonds is 3. The third-order valence-electron chi connectivity index (χ3n) is 1.72. The van der Waals surface area contributed by atoms with Crippen LogP contribution >= 0.6 is 15.9 Å². The highest BCUT2D eigenvalue weighted by molar-refractivity contribution is 9.10. The molecule has 0 N–H and O–H groups in total. The molecule has 0 aliphatic carbocycles. The molecule has 0 aromatic heterocycles. The first kappa shape index (κ1) is 12.8. The molecule has 0 saturated heterocycles. The molecule has 0 unspecified atom stereocenters. The Hall–Kier alpha value is -1.30. The summed E-state index contributed by atoms with van der Waals surface area (Å²) in [6.07, 6.45) is 0. The van der Waals surface area contributed by atoms with Gasteiger partial charge in [0.2, 0.25) is 0 Å². The summed E-state index contributed by atoms with van der Waals surface area (Å²) >= 11 is 2.87. The first-order valence-electron chi connectivity index (χ1n) is 4.33. The number of hydrogen-bond donors (Lipinski definition) is 0. The smallest absolute Gasteiger partial charge is 0.379 e. The van der Waals surface area contributed by atoms with Crippen molar-refractivity contribution < 1.29 is 23.1 Å². The Morgan fingerprint density at radius 3 is 2.44 bits per heavy atom. The third kappa shape index (κ3) is 2.63. The van der Waals surface area contributed by atoms with Crippen LogP contribution in [-0.4, -0.2) is 18.4 Å². The number of ketones is 1. The van der Waals surface area contributed by atoms with Crippen molar-refractivity contribution in [1.82, 2.24) is 0 Å². The van der Waals surface area contributed by atoms with Gasteiger partial charge in [0, 0.05) is 10.0 Å². The summed E-state index contributed by atoms with van der Waals surface area (Å²) in [6.45, 7) is 1.57. The standard InChI is InChI=1S/C10H7BrF2O3/c1-2-16-10(15)9(14)5-3-7(12)8(13)4-6(5)11/h3-4H,2H2,1H3. The van der Waals surface area contributed by atoms with E-state index in [-0.39, 0.29) is 16.6 Å². The summed E-state index contributed by atoms with van der Waals surface area (Å²) in [7, 11) is 0. The monoisotopic (exact) mass is 292 g/mol. The normalized spacial score (nSPS) is 10.0. The van der Waals surface area contributed by atoms with Gasteiger partial charge in [-0.25, -0.2) is 13.6 Å². The van der Waals surface area contributed by atoms with E-state index in [2.05, 4.69) is 20.7 Å². The molecule has 1 aromatic rings. The molecular weight excluding hydrogens is 286 g/mol. The van der Waals surface area contributed by atoms with Crippen molar-refractivity contribution in [3.05, 3.63) is 33.8 Å². The molecule has 6 heteroatoms. The first-order valence-corrected chi connectivity index (χ1v) is 5.12. The Labute approximate surface area is 98.5 Å². The van der Waals surface area contributed by atoms with E-state index in [0.717, 1.165) is 6.07 Å². The highest BCUT2D eigenvalue weighted by Gasteiger charge is 2.22. The summed E-state index contributed by atoms with van der Waals surface area (Å²) in [4.78, 5) is 22.5. The van der Waals surface area contributed by atoms with Gasteiger partial charge in [0.05, 0.1) is 6.61 Å². The Bertz CT molecular complexity index is 446. The average molecular weight is 293 g/mol. The van der Waals surface area contributed by atoms with Crippen molar-refractivity contribution >= 4 is 27.7 Å². The molecule has 0 fully saturated rings. The minimum Gasteiger partial charge on any atom is -0.460 e. The molecule has 0 aliphatic rings. The zero-order chi connectivity index (χ0) is 12.3. The summed E-state index contributed by atoms with van der Waals surface area (Å²) in [5.74, 6) is -4.43. The topological polar surface area (TPSA) is 43.4 Å². The van der Waals surface area contributed by atoms with E-state index in [1.54, 1.807) is 0 Å². The maximum Gasteiger partial charge on any atom is 0.379 e. The zero-order valence-electron chi connectivity index (χ0n) is 8.22. The lowest BCUT2D eigenvalue weighted by atomic mass is 10.1. The first-order chi connectivity index (χ1) is 7.47. The van der Waals surface area contributed by atoms with Crippen molar-refractivity contribution in [3.8, 4) is 0 Å². The molecule has 3 nitrogen and oxygen atoms in total. The molecule has 1 aromatic carbocycles. The summed E-state index contributed by atoms with van der Waals surface area (Å²) in [5, 5.41) is 0. The van der Waals surface area contributed by atoms with Gasteiger partial charge in [-0.15, -0.1) is 0 Å². The highest BCUT2D eigenvalue weighted by atomic mass is 79.9. The lowest BCUT2D eigenvalue weighted by Gasteiger charge is -2.04. The van der Waals surface area contributed by atoms with Gasteiger partial charge >= 0.3 is 5.97 Å². The largest absolute Gasteiger partial charge is 0.460 e. The molecule has 0 radical (unpaired) electrons. The van der Waals surface area contributed by atoms with Crippen molar-refractivity contribution in [3.63, 3.8) is 0 Å². The van der Waals surface area contributed by atoms with Gasteiger partial charge in [0.25, 0.3) is 5.78 Å². The van der Waals surface area contributed by atoms with Crippen LogP contribution in [0.3, 0.4) is 0 Å². The number of Topliss-reactive ketones (excluding diaryl/α,β-unsaturated/α-hetero) is 1. The molecule has 0 spiro atoms. The van der Waals surface area contributed by atoms with Gasteiger partial charge in [0.1, 0.15) is 0 Å². The van der Waals surface area contributed by atoms with Crippen LogP contribution < -0.4 is 0 Å². The van der Waals surface area contributed by atoms with E-state index in [1.165, 1.54) is 6.92 Å². The molecule has 0 heterocycles. The summed E-state index contributed by atoms with van der Waals surface area (Å²) < 4.78 is 30.1. The Morgan fingerprint density at radius 2 is 1.88 bits per heavy atom. The van der Waals surface area contributed by atoms with Crippen molar-refractivity contribution in [2.45, 2.75) is 6.92 Å². The molecule has 0 amide bonds. The number of esters is 1. The molecule has 0 saturated carbocycles. The SMILES string of the molecule is CCOC(=O)C(=O)c1cc(F)c(F)cc1Br. The number of ether oxygens (including phenoxy) is 1. The van der Waals surface area contributed by atoms with Gasteiger partial charge in [0.15, 0.2) is 11.6 Å². The van der Waals surface area contributed by atoms with Crippen molar-refractivity contribution in [1.29, 1.82) is 0 Å². The number of carbonyl (C=O) groups is 2. The van der Waals surface area contributed by atoms with E-state index >= 15 is 0 Å². The van der Waals surface area contributed by atoms with Crippen LogP contribution in [0.25, 0.3) is 0 Å². The van der Waals surface area contributed by atoms with Crippen molar-refractivity contribution in [2.24, 2.45) is 0 Å². The van der Waals surface area contributed by atoms with E-state index in [9.17, 15) is 18.4 Å². The van der Waals surface area contributed by atoms with Gasteiger partial charge in [-0.1, -0.05) is 0 Å². The quantitative estimate of drug-likeness (QED) is 0.372. The van der Waals surface area contributed by atoms with E-state index in [1.807, 2.05) is 0 Å². The van der Waals surface area contributed by atoms with Crippen LogP contribution in [0.5, 0.6) is 0 Å². The Morgan fingerprint density at radius 1 is 1.31 bits per heavy atom. The molecule has 16 heavy (non-hydrogen) atoms. The van der Waals surface area contributed by atoms with Crippen LogP contribution in [0.15, 0.2) is 16.6 Å². The second-order valence-corrected chi connectivity index (χ2v) is 3.65. The van der Waals surface area contributed by atoms with Crippen molar-refractivity contribution in [2.75, 3.05) is 6.61 Å². The number of hydrogen-bond acceptors (Lipinski definition) is 3. The minimum atomic E-state index is -1.20.